The van der Waals surface area contributed by atoms with Crippen LogP contribution in [0, 0.1) is 18.7 Å². The molecule has 2 aliphatic heterocycles. The summed E-state index contributed by atoms with van der Waals surface area (Å²) in [6.07, 6.45) is 0.976. The van der Waals surface area contributed by atoms with Crippen LogP contribution < -0.4 is 0 Å². The second-order valence-electron chi connectivity index (χ2n) is 8.87. The highest BCUT2D eigenvalue weighted by molar-refractivity contribution is 7.08. The van der Waals surface area contributed by atoms with Gasteiger partial charge in [0.1, 0.15) is 5.82 Å². The number of benzene rings is 2. The monoisotopic (exact) mass is 434 g/mol. The number of amides is 1. The second-order valence-corrected chi connectivity index (χ2v) is 9.65. The SMILES string of the molecule is Cc1cccc(CN2CC[C@H]3[C@@H](C2)[C@H](c2ccsc2)CN3C(=O)c2ccc(F)cc2)c1. The third-order valence-electron chi connectivity index (χ3n) is 6.83. The molecular formula is C26H27FN2OS. The molecule has 5 rings (SSSR count). The summed E-state index contributed by atoms with van der Waals surface area (Å²) < 4.78 is 13.4. The van der Waals surface area contributed by atoms with Gasteiger partial charge in [0.05, 0.1) is 0 Å². The van der Waals surface area contributed by atoms with Crippen molar-refractivity contribution in [3.8, 4) is 0 Å². The quantitative estimate of drug-likeness (QED) is 0.554. The number of hydrogen-bond donors (Lipinski definition) is 0. The molecule has 2 aliphatic rings. The van der Waals surface area contributed by atoms with Crippen LogP contribution in [-0.4, -0.2) is 41.4 Å². The van der Waals surface area contributed by atoms with Crippen LogP contribution >= 0.6 is 11.3 Å². The van der Waals surface area contributed by atoms with Gasteiger partial charge in [0.2, 0.25) is 0 Å². The van der Waals surface area contributed by atoms with Crippen molar-refractivity contribution in [1.29, 1.82) is 0 Å². The third kappa shape index (κ3) is 4.17. The molecule has 2 saturated heterocycles. The number of rotatable bonds is 4. The fourth-order valence-electron chi connectivity index (χ4n) is 5.35. The Morgan fingerprint density at radius 2 is 1.97 bits per heavy atom. The molecule has 3 aromatic rings. The first-order chi connectivity index (χ1) is 15.1. The second kappa shape index (κ2) is 8.56. The number of halogens is 1. The van der Waals surface area contributed by atoms with Gasteiger partial charge in [-0.25, -0.2) is 4.39 Å². The number of carbonyl (C=O) groups is 1. The van der Waals surface area contributed by atoms with E-state index in [2.05, 4.69) is 57.8 Å². The maximum absolute atomic E-state index is 13.4. The van der Waals surface area contributed by atoms with E-state index in [9.17, 15) is 9.18 Å². The standard InChI is InChI=1S/C26H27FN2OS/c1-18-3-2-4-19(13-18)14-28-11-9-25-24(15-28)23(21-10-12-31-17-21)16-29(25)26(30)20-5-7-22(27)8-6-20/h2-8,10,12-13,17,23-25H,9,11,14-16H2,1H3/t23-,24-,25-/m0/s1. The maximum atomic E-state index is 13.4. The van der Waals surface area contributed by atoms with Crippen LogP contribution in [0.2, 0.25) is 0 Å². The van der Waals surface area contributed by atoms with Crippen molar-refractivity contribution in [2.75, 3.05) is 19.6 Å². The largest absolute Gasteiger partial charge is 0.335 e. The van der Waals surface area contributed by atoms with Gasteiger partial charge in [-0.05, 0) is 65.6 Å². The Kier molecular flexibility index (Phi) is 5.63. The first-order valence-corrected chi connectivity index (χ1v) is 11.9. The Morgan fingerprint density at radius 3 is 2.71 bits per heavy atom. The minimum Gasteiger partial charge on any atom is -0.335 e. The molecule has 2 aromatic carbocycles. The van der Waals surface area contributed by atoms with E-state index in [1.807, 2.05) is 0 Å². The zero-order valence-electron chi connectivity index (χ0n) is 17.7. The lowest BCUT2D eigenvalue weighted by molar-refractivity contribution is 0.0614. The number of likely N-dealkylation sites (tertiary alicyclic amines) is 2. The number of nitrogens with zero attached hydrogens (tertiary/aromatic N) is 2. The highest BCUT2D eigenvalue weighted by atomic mass is 32.1. The van der Waals surface area contributed by atoms with Crippen molar-refractivity contribution in [3.63, 3.8) is 0 Å². The van der Waals surface area contributed by atoms with Crippen molar-refractivity contribution in [3.05, 3.63) is 93.4 Å². The van der Waals surface area contributed by atoms with Crippen LogP contribution in [-0.2, 0) is 6.54 Å². The maximum Gasteiger partial charge on any atom is 0.254 e. The number of thiophene rings is 1. The Morgan fingerprint density at radius 1 is 1.13 bits per heavy atom. The molecule has 160 valence electrons. The van der Waals surface area contributed by atoms with E-state index >= 15 is 0 Å². The van der Waals surface area contributed by atoms with Crippen LogP contribution in [0.3, 0.4) is 0 Å². The fourth-order valence-corrected chi connectivity index (χ4v) is 6.07. The van der Waals surface area contributed by atoms with Gasteiger partial charge in [-0.15, -0.1) is 0 Å². The van der Waals surface area contributed by atoms with Crippen molar-refractivity contribution in [2.24, 2.45) is 5.92 Å². The van der Waals surface area contributed by atoms with Crippen molar-refractivity contribution in [1.82, 2.24) is 9.80 Å². The fraction of sp³-hybridized carbons (Fsp3) is 0.346. The normalized spacial score (nSPS) is 23.7. The van der Waals surface area contributed by atoms with Gasteiger partial charge >= 0.3 is 0 Å². The lowest BCUT2D eigenvalue weighted by Gasteiger charge is -2.39. The molecule has 1 amide bonds. The summed E-state index contributed by atoms with van der Waals surface area (Å²) in [6.45, 7) is 5.80. The molecule has 0 radical (unpaired) electrons. The number of hydrogen-bond acceptors (Lipinski definition) is 3. The first kappa shape index (κ1) is 20.4. The summed E-state index contributed by atoms with van der Waals surface area (Å²) in [4.78, 5) is 17.9. The van der Waals surface area contributed by atoms with Gasteiger partial charge < -0.3 is 4.90 Å². The average Bonchev–Trinajstić information content (AvgIpc) is 3.41. The van der Waals surface area contributed by atoms with E-state index in [1.54, 1.807) is 23.5 Å². The van der Waals surface area contributed by atoms with E-state index in [-0.39, 0.29) is 17.8 Å². The van der Waals surface area contributed by atoms with Gasteiger partial charge in [0.15, 0.2) is 0 Å². The Labute approximate surface area is 187 Å². The van der Waals surface area contributed by atoms with Crippen molar-refractivity contribution >= 4 is 17.2 Å². The highest BCUT2D eigenvalue weighted by Crippen LogP contribution is 2.43. The van der Waals surface area contributed by atoms with Gasteiger partial charge in [-0.1, -0.05) is 29.8 Å². The molecule has 3 atom stereocenters. The molecular weight excluding hydrogens is 407 g/mol. The van der Waals surface area contributed by atoms with Gasteiger partial charge in [0.25, 0.3) is 5.91 Å². The summed E-state index contributed by atoms with van der Waals surface area (Å²) in [6, 6.07) is 17.1. The molecule has 0 N–H and O–H groups in total. The summed E-state index contributed by atoms with van der Waals surface area (Å²) >= 11 is 1.72. The number of carbonyl (C=O) groups excluding carboxylic acids is 1. The van der Waals surface area contributed by atoms with Gasteiger partial charge in [-0.2, -0.15) is 11.3 Å². The average molecular weight is 435 g/mol. The molecule has 5 heteroatoms. The lowest BCUT2D eigenvalue weighted by Crippen LogP contribution is -2.47. The third-order valence-corrected chi connectivity index (χ3v) is 7.53. The van der Waals surface area contributed by atoms with Gasteiger partial charge in [-0.3, -0.25) is 9.69 Å². The summed E-state index contributed by atoms with van der Waals surface area (Å²) in [7, 11) is 0. The Bertz CT molecular complexity index is 1050. The predicted octanol–water partition coefficient (Wildman–Crippen LogP) is 5.33. The lowest BCUT2D eigenvalue weighted by atomic mass is 9.82. The van der Waals surface area contributed by atoms with Crippen LogP contribution in [0.4, 0.5) is 4.39 Å². The van der Waals surface area contributed by atoms with E-state index in [0.29, 0.717) is 17.4 Å². The van der Waals surface area contributed by atoms with E-state index in [0.717, 1.165) is 32.6 Å². The highest BCUT2D eigenvalue weighted by Gasteiger charge is 2.47. The number of piperidine rings is 1. The summed E-state index contributed by atoms with van der Waals surface area (Å²) in [5, 5.41) is 4.36. The molecule has 0 unspecified atom stereocenters. The van der Waals surface area contributed by atoms with Crippen molar-refractivity contribution < 1.29 is 9.18 Å². The van der Waals surface area contributed by atoms with E-state index in [4.69, 9.17) is 0 Å². The van der Waals surface area contributed by atoms with E-state index in [1.165, 1.54) is 28.8 Å². The van der Waals surface area contributed by atoms with Crippen LogP contribution in [0.5, 0.6) is 0 Å². The van der Waals surface area contributed by atoms with Crippen molar-refractivity contribution in [2.45, 2.75) is 31.8 Å². The molecule has 0 bridgehead atoms. The molecule has 31 heavy (non-hydrogen) atoms. The smallest absolute Gasteiger partial charge is 0.254 e. The first-order valence-electron chi connectivity index (χ1n) is 10.9. The minimum absolute atomic E-state index is 0.0277. The topological polar surface area (TPSA) is 23.6 Å². The Balaban J connectivity index is 1.38. The van der Waals surface area contributed by atoms with Gasteiger partial charge in [0, 0.05) is 49.6 Å². The molecule has 0 aliphatic carbocycles. The van der Waals surface area contributed by atoms with Crippen LogP contribution in [0.25, 0.3) is 0 Å². The summed E-state index contributed by atoms with van der Waals surface area (Å²) in [5.74, 6) is 0.481. The molecule has 0 saturated carbocycles. The van der Waals surface area contributed by atoms with E-state index < -0.39 is 0 Å². The predicted molar refractivity (Wildman–Crippen MR) is 123 cm³/mol. The van der Waals surface area contributed by atoms with Crippen LogP contribution in [0.1, 0.15) is 39.4 Å². The number of fused-ring (bicyclic) bond motifs is 1. The molecule has 0 spiro atoms. The molecule has 1 aromatic heterocycles. The number of aryl methyl sites for hydroxylation is 1. The van der Waals surface area contributed by atoms with Crippen LogP contribution in [0.15, 0.2) is 65.4 Å². The zero-order valence-corrected chi connectivity index (χ0v) is 18.5. The zero-order chi connectivity index (χ0) is 21.4. The molecule has 3 heterocycles. The molecule has 3 nitrogen and oxygen atoms in total. The minimum atomic E-state index is -0.309. The summed E-state index contributed by atoms with van der Waals surface area (Å²) in [5.41, 5.74) is 4.56. The molecule has 2 fully saturated rings. The Hall–Kier alpha value is -2.50.